The Morgan fingerprint density at radius 2 is 1.86 bits per heavy atom. The number of aromatic nitrogens is 1. The molecule has 0 spiro atoms. The number of carbonyl (C=O) groups excluding carboxylic acids is 1. The fourth-order valence-corrected chi connectivity index (χ4v) is 3.45. The van der Waals surface area contributed by atoms with E-state index >= 15 is 0 Å². The van der Waals surface area contributed by atoms with E-state index in [1.54, 1.807) is 12.1 Å². The van der Waals surface area contributed by atoms with Crippen LogP contribution in [-0.2, 0) is 11.8 Å². The van der Waals surface area contributed by atoms with Crippen LogP contribution in [-0.4, -0.2) is 10.8 Å². The fraction of sp³-hybridized carbons (Fsp3) is 0.294. The van der Waals surface area contributed by atoms with E-state index in [4.69, 9.17) is 23.2 Å². The number of hydrogen-bond donors (Lipinski definition) is 0. The molecular weight excluding hydrogens is 305 g/mol. The standard InChI is InChI=1S/C17H15Cl2NO/c1-2-17(11-3-5-12(18)6-4-11)10-9-14-13(16(17)21)7-8-15(19)20-14/h3-8H,2,9-10H2,1H3. The molecule has 1 aliphatic carbocycles. The number of halogens is 2. The maximum atomic E-state index is 13.1. The molecule has 21 heavy (non-hydrogen) atoms. The summed E-state index contributed by atoms with van der Waals surface area (Å²) in [7, 11) is 0. The first-order chi connectivity index (χ1) is 10.1. The van der Waals surface area contributed by atoms with Crippen LogP contribution in [0.5, 0.6) is 0 Å². The van der Waals surface area contributed by atoms with E-state index < -0.39 is 5.41 Å². The third kappa shape index (κ3) is 2.37. The van der Waals surface area contributed by atoms with Gasteiger partial charge in [0.25, 0.3) is 0 Å². The lowest BCUT2D eigenvalue weighted by Crippen LogP contribution is -2.40. The molecule has 1 aliphatic rings. The molecular formula is C17H15Cl2NO. The minimum absolute atomic E-state index is 0.137. The minimum atomic E-state index is -0.479. The van der Waals surface area contributed by atoms with Crippen molar-refractivity contribution < 1.29 is 4.79 Å². The largest absolute Gasteiger partial charge is 0.293 e. The van der Waals surface area contributed by atoms with E-state index in [9.17, 15) is 4.79 Å². The Morgan fingerprint density at radius 3 is 2.52 bits per heavy atom. The molecule has 0 saturated carbocycles. The second-order valence-electron chi connectivity index (χ2n) is 5.40. The van der Waals surface area contributed by atoms with E-state index in [1.807, 2.05) is 24.3 Å². The zero-order valence-electron chi connectivity index (χ0n) is 11.7. The Labute approximate surface area is 134 Å². The number of fused-ring (bicyclic) bond motifs is 1. The molecule has 4 heteroatoms. The van der Waals surface area contributed by atoms with Gasteiger partial charge in [-0.05, 0) is 49.1 Å². The van der Waals surface area contributed by atoms with Gasteiger partial charge in [0.05, 0.1) is 11.1 Å². The minimum Gasteiger partial charge on any atom is -0.293 e. The molecule has 0 N–H and O–H groups in total. The molecule has 3 rings (SSSR count). The lowest BCUT2D eigenvalue weighted by molar-refractivity contribution is 0.0853. The highest BCUT2D eigenvalue weighted by Gasteiger charge is 2.42. The number of pyridine rings is 1. The van der Waals surface area contributed by atoms with Gasteiger partial charge in [-0.3, -0.25) is 4.79 Å². The van der Waals surface area contributed by atoms with Crippen LogP contribution in [0.2, 0.25) is 10.2 Å². The lowest BCUT2D eigenvalue weighted by atomic mass is 9.66. The van der Waals surface area contributed by atoms with Gasteiger partial charge < -0.3 is 0 Å². The third-order valence-electron chi connectivity index (χ3n) is 4.41. The molecule has 1 heterocycles. The van der Waals surface area contributed by atoms with Crippen LogP contribution in [0, 0.1) is 0 Å². The zero-order chi connectivity index (χ0) is 15.0. The Kier molecular flexibility index (Phi) is 3.76. The predicted octanol–water partition coefficient (Wildman–Crippen LogP) is 4.87. The van der Waals surface area contributed by atoms with Crippen molar-refractivity contribution in [3.63, 3.8) is 0 Å². The summed E-state index contributed by atoms with van der Waals surface area (Å²) in [6, 6.07) is 11.1. The fourth-order valence-electron chi connectivity index (χ4n) is 3.16. The number of hydrogen-bond acceptors (Lipinski definition) is 2. The summed E-state index contributed by atoms with van der Waals surface area (Å²) < 4.78 is 0. The molecule has 2 nitrogen and oxygen atoms in total. The van der Waals surface area contributed by atoms with Gasteiger partial charge in [-0.15, -0.1) is 0 Å². The average molecular weight is 320 g/mol. The first-order valence-corrected chi connectivity index (χ1v) is 7.79. The second kappa shape index (κ2) is 5.43. The zero-order valence-corrected chi connectivity index (χ0v) is 13.2. The van der Waals surface area contributed by atoms with Crippen molar-refractivity contribution in [2.75, 3.05) is 0 Å². The summed E-state index contributed by atoms with van der Waals surface area (Å²) >= 11 is 11.9. The highest BCUT2D eigenvalue weighted by molar-refractivity contribution is 6.30. The van der Waals surface area contributed by atoms with Crippen molar-refractivity contribution in [3.8, 4) is 0 Å². The Balaban J connectivity index is 2.10. The third-order valence-corrected chi connectivity index (χ3v) is 4.87. The van der Waals surface area contributed by atoms with Crippen LogP contribution in [0.3, 0.4) is 0 Å². The summed E-state index contributed by atoms with van der Waals surface area (Å²) in [5.74, 6) is 0.137. The molecule has 2 aromatic rings. The highest BCUT2D eigenvalue weighted by Crippen LogP contribution is 2.41. The lowest BCUT2D eigenvalue weighted by Gasteiger charge is -2.36. The van der Waals surface area contributed by atoms with Crippen LogP contribution >= 0.6 is 23.2 Å². The summed E-state index contributed by atoms with van der Waals surface area (Å²) in [6.45, 7) is 2.06. The van der Waals surface area contributed by atoms with Crippen molar-refractivity contribution >= 4 is 29.0 Å². The number of Topliss-reactive ketones (excluding diaryl/α,β-unsaturated/α-hetero) is 1. The second-order valence-corrected chi connectivity index (χ2v) is 6.22. The monoisotopic (exact) mass is 319 g/mol. The van der Waals surface area contributed by atoms with Gasteiger partial charge in [-0.2, -0.15) is 0 Å². The predicted molar refractivity (Wildman–Crippen MR) is 85.3 cm³/mol. The van der Waals surface area contributed by atoms with Crippen LogP contribution in [0.15, 0.2) is 36.4 Å². The number of aryl methyl sites for hydroxylation is 1. The van der Waals surface area contributed by atoms with E-state index in [-0.39, 0.29) is 5.78 Å². The average Bonchev–Trinajstić information content (AvgIpc) is 2.49. The maximum Gasteiger partial charge on any atom is 0.175 e. The van der Waals surface area contributed by atoms with Gasteiger partial charge in [-0.25, -0.2) is 4.98 Å². The summed E-state index contributed by atoms with van der Waals surface area (Å²) in [5, 5.41) is 1.12. The van der Waals surface area contributed by atoms with Crippen molar-refractivity contribution in [1.29, 1.82) is 0 Å². The Morgan fingerprint density at radius 1 is 1.14 bits per heavy atom. The van der Waals surface area contributed by atoms with Crippen molar-refractivity contribution in [2.24, 2.45) is 0 Å². The van der Waals surface area contributed by atoms with E-state index in [0.29, 0.717) is 15.7 Å². The Bertz CT molecular complexity index is 696. The van der Waals surface area contributed by atoms with Gasteiger partial charge in [-0.1, -0.05) is 42.3 Å². The van der Waals surface area contributed by atoms with Crippen LogP contribution < -0.4 is 0 Å². The number of carbonyl (C=O) groups is 1. The van der Waals surface area contributed by atoms with Crippen LogP contribution in [0.4, 0.5) is 0 Å². The first-order valence-electron chi connectivity index (χ1n) is 7.03. The van der Waals surface area contributed by atoms with E-state index in [1.165, 1.54) is 0 Å². The molecule has 108 valence electrons. The SMILES string of the molecule is CCC1(c2ccc(Cl)cc2)CCc2nc(Cl)ccc2C1=O. The highest BCUT2D eigenvalue weighted by atomic mass is 35.5. The maximum absolute atomic E-state index is 13.1. The topological polar surface area (TPSA) is 30.0 Å². The van der Waals surface area contributed by atoms with Crippen LogP contribution in [0.1, 0.15) is 41.4 Å². The van der Waals surface area contributed by atoms with Gasteiger partial charge in [0.1, 0.15) is 5.15 Å². The van der Waals surface area contributed by atoms with E-state index in [2.05, 4.69) is 11.9 Å². The molecule has 0 fully saturated rings. The molecule has 1 aromatic heterocycles. The van der Waals surface area contributed by atoms with Gasteiger partial charge in [0.15, 0.2) is 5.78 Å². The Hall–Kier alpha value is -1.38. The van der Waals surface area contributed by atoms with Crippen molar-refractivity contribution in [2.45, 2.75) is 31.6 Å². The van der Waals surface area contributed by atoms with Crippen molar-refractivity contribution in [3.05, 3.63) is 63.4 Å². The summed E-state index contributed by atoms with van der Waals surface area (Å²) in [5.41, 5.74) is 2.06. The molecule has 1 unspecified atom stereocenters. The van der Waals surface area contributed by atoms with Crippen LogP contribution in [0.25, 0.3) is 0 Å². The quantitative estimate of drug-likeness (QED) is 0.739. The van der Waals surface area contributed by atoms with Gasteiger partial charge in [0.2, 0.25) is 0 Å². The van der Waals surface area contributed by atoms with Crippen molar-refractivity contribution in [1.82, 2.24) is 4.98 Å². The normalized spacial score (nSPS) is 21.2. The van der Waals surface area contributed by atoms with E-state index in [0.717, 1.165) is 30.5 Å². The number of nitrogens with zero attached hydrogens (tertiary/aromatic N) is 1. The molecule has 0 bridgehead atoms. The smallest absolute Gasteiger partial charge is 0.175 e. The van der Waals surface area contributed by atoms with Gasteiger partial charge in [0, 0.05) is 10.6 Å². The number of benzene rings is 1. The molecule has 0 aliphatic heterocycles. The molecule has 0 amide bonds. The number of ketones is 1. The molecule has 0 saturated heterocycles. The molecule has 1 atom stereocenters. The number of rotatable bonds is 2. The van der Waals surface area contributed by atoms with Gasteiger partial charge >= 0.3 is 0 Å². The summed E-state index contributed by atoms with van der Waals surface area (Å²) in [4.78, 5) is 17.3. The molecule has 1 aromatic carbocycles. The summed E-state index contributed by atoms with van der Waals surface area (Å²) in [6.07, 6.45) is 2.28. The molecule has 0 radical (unpaired) electrons. The first kappa shape index (κ1) is 14.6.